The number of hydrogen-bond donors (Lipinski definition) is 1. The van der Waals surface area contributed by atoms with Crippen LogP contribution in [0, 0.1) is 0 Å². The Morgan fingerprint density at radius 3 is 0.730 bits per heavy atom. The molecule has 0 saturated heterocycles. The minimum absolute atomic E-state index is 0.0723. The Bertz CT molecular complexity index is 1690. The second-order valence-electron chi connectivity index (χ2n) is 26.1. The van der Waals surface area contributed by atoms with E-state index in [4.69, 9.17) is 9.47 Å². The molecule has 0 heterocycles. The van der Waals surface area contributed by atoms with Crippen LogP contribution in [0.15, 0.2) is 109 Å². The highest BCUT2D eigenvalue weighted by molar-refractivity contribution is 5.70. The summed E-state index contributed by atoms with van der Waals surface area (Å²) in [6, 6.07) is 0. The van der Waals surface area contributed by atoms with Gasteiger partial charge < -0.3 is 14.6 Å². The number of unbranched alkanes of at least 4 members (excludes halogenated alkanes) is 46. The topological polar surface area (TPSA) is 72.8 Å². The van der Waals surface area contributed by atoms with Crippen molar-refractivity contribution in [3.8, 4) is 0 Å². The third kappa shape index (κ3) is 76.9. The summed E-state index contributed by atoms with van der Waals surface area (Å²) in [7, 11) is 0. The molecule has 514 valence electrons. The number of aliphatic hydroxyl groups is 1. The van der Waals surface area contributed by atoms with Crippen molar-refractivity contribution >= 4 is 11.9 Å². The molecule has 89 heavy (non-hydrogen) atoms. The zero-order chi connectivity index (χ0) is 64.0. The van der Waals surface area contributed by atoms with Crippen molar-refractivity contribution in [3.63, 3.8) is 0 Å². The Labute approximate surface area is 554 Å². The van der Waals surface area contributed by atoms with Gasteiger partial charge in [-0.2, -0.15) is 0 Å². The highest BCUT2D eigenvalue weighted by Gasteiger charge is 2.16. The maximum absolute atomic E-state index is 12.4. The molecule has 0 spiro atoms. The first-order valence-corrected chi connectivity index (χ1v) is 38.9. The summed E-state index contributed by atoms with van der Waals surface area (Å²) in [6.07, 6.45) is 115. The van der Waals surface area contributed by atoms with E-state index in [1.165, 1.54) is 263 Å². The molecule has 0 aromatic rings. The fourth-order valence-corrected chi connectivity index (χ4v) is 11.6. The SMILES string of the molecule is CC/C=C\C/C=C\C/C=C\C/C=C\C/C=C\C/C=C\C/C=C\C/C=C\C/C=C\CCCCCCCCCC(=O)OC(CO)COC(=O)CCCCCCCCCCCCCCCCCCCCCCCCCCCCCCCCCCCCCCCCCC. The van der Waals surface area contributed by atoms with E-state index in [1.54, 1.807) is 0 Å². The Hall–Kier alpha value is -3.44. The van der Waals surface area contributed by atoms with Crippen molar-refractivity contribution < 1.29 is 24.2 Å². The van der Waals surface area contributed by atoms with Gasteiger partial charge in [-0.05, 0) is 83.5 Å². The number of hydrogen-bond acceptors (Lipinski definition) is 5. The first kappa shape index (κ1) is 85.6. The van der Waals surface area contributed by atoms with Gasteiger partial charge in [0.15, 0.2) is 6.10 Å². The summed E-state index contributed by atoms with van der Waals surface area (Å²) in [5.41, 5.74) is 0. The minimum Gasteiger partial charge on any atom is -0.462 e. The number of aliphatic hydroxyl groups excluding tert-OH is 1. The van der Waals surface area contributed by atoms with Gasteiger partial charge in [-0.1, -0.05) is 406 Å². The van der Waals surface area contributed by atoms with Crippen LogP contribution in [0.3, 0.4) is 0 Å². The van der Waals surface area contributed by atoms with Crippen molar-refractivity contribution in [2.75, 3.05) is 13.2 Å². The van der Waals surface area contributed by atoms with Crippen LogP contribution >= 0.6 is 0 Å². The van der Waals surface area contributed by atoms with Gasteiger partial charge in [-0.3, -0.25) is 9.59 Å². The van der Waals surface area contributed by atoms with Gasteiger partial charge in [0, 0.05) is 12.8 Å². The van der Waals surface area contributed by atoms with Gasteiger partial charge in [0.25, 0.3) is 0 Å². The molecule has 5 nitrogen and oxygen atoms in total. The van der Waals surface area contributed by atoms with E-state index in [0.717, 1.165) is 103 Å². The average molecular weight is 1240 g/mol. The van der Waals surface area contributed by atoms with Gasteiger partial charge in [0.1, 0.15) is 6.61 Å². The van der Waals surface area contributed by atoms with Crippen LogP contribution in [-0.2, 0) is 19.1 Å². The van der Waals surface area contributed by atoms with E-state index < -0.39 is 6.10 Å². The average Bonchev–Trinajstić information content (AvgIpc) is 3.55. The van der Waals surface area contributed by atoms with E-state index in [-0.39, 0.29) is 25.2 Å². The molecule has 0 amide bonds. The third-order valence-corrected chi connectivity index (χ3v) is 17.3. The van der Waals surface area contributed by atoms with Crippen LogP contribution in [0.5, 0.6) is 0 Å². The van der Waals surface area contributed by atoms with Gasteiger partial charge in [0.05, 0.1) is 6.61 Å². The molecule has 1 atom stereocenters. The zero-order valence-electron chi connectivity index (χ0n) is 59.2. The smallest absolute Gasteiger partial charge is 0.306 e. The van der Waals surface area contributed by atoms with Crippen LogP contribution < -0.4 is 0 Å². The molecular weight excluding hydrogens is 1090 g/mol. The lowest BCUT2D eigenvalue weighted by molar-refractivity contribution is -0.161. The van der Waals surface area contributed by atoms with Crippen LogP contribution in [0.2, 0.25) is 0 Å². The normalized spacial score (nSPS) is 12.8. The second-order valence-corrected chi connectivity index (χ2v) is 26.1. The molecule has 0 bridgehead atoms. The molecule has 0 aromatic heterocycles. The van der Waals surface area contributed by atoms with E-state index in [2.05, 4.69) is 123 Å². The maximum Gasteiger partial charge on any atom is 0.306 e. The van der Waals surface area contributed by atoms with Gasteiger partial charge in [-0.25, -0.2) is 0 Å². The number of ether oxygens (including phenoxy) is 2. The number of rotatable bonds is 72. The molecule has 1 unspecified atom stereocenters. The molecular formula is C84H148O5. The summed E-state index contributed by atoms with van der Waals surface area (Å²) in [6.45, 7) is 4.06. The van der Waals surface area contributed by atoms with Crippen molar-refractivity contribution in [1.29, 1.82) is 0 Å². The summed E-state index contributed by atoms with van der Waals surface area (Å²) in [5.74, 6) is -0.593. The summed E-state index contributed by atoms with van der Waals surface area (Å²) >= 11 is 0. The van der Waals surface area contributed by atoms with Crippen LogP contribution in [-0.4, -0.2) is 36.4 Å². The van der Waals surface area contributed by atoms with Gasteiger partial charge in [-0.15, -0.1) is 0 Å². The van der Waals surface area contributed by atoms with Crippen LogP contribution in [0.1, 0.15) is 393 Å². The molecule has 0 aromatic carbocycles. The molecule has 0 radical (unpaired) electrons. The van der Waals surface area contributed by atoms with E-state index in [9.17, 15) is 14.7 Å². The Balaban J connectivity index is 3.45. The van der Waals surface area contributed by atoms with Crippen molar-refractivity contribution in [2.45, 2.75) is 399 Å². The Morgan fingerprint density at radius 1 is 0.270 bits per heavy atom. The molecule has 0 saturated carbocycles. The molecule has 0 aliphatic carbocycles. The summed E-state index contributed by atoms with van der Waals surface area (Å²) in [4.78, 5) is 24.7. The first-order valence-electron chi connectivity index (χ1n) is 38.9. The summed E-state index contributed by atoms with van der Waals surface area (Å²) in [5, 5.41) is 9.72. The fraction of sp³-hybridized carbons (Fsp3) is 0.762. The van der Waals surface area contributed by atoms with Crippen molar-refractivity contribution in [3.05, 3.63) is 109 Å². The van der Waals surface area contributed by atoms with E-state index in [0.29, 0.717) is 12.8 Å². The maximum atomic E-state index is 12.4. The van der Waals surface area contributed by atoms with Crippen molar-refractivity contribution in [2.24, 2.45) is 0 Å². The van der Waals surface area contributed by atoms with E-state index >= 15 is 0 Å². The monoisotopic (exact) mass is 1240 g/mol. The molecule has 5 heteroatoms. The molecule has 0 fully saturated rings. The van der Waals surface area contributed by atoms with E-state index in [1.807, 2.05) is 0 Å². The Morgan fingerprint density at radius 2 is 0.483 bits per heavy atom. The largest absolute Gasteiger partial charge is 0.462 e. The standard InChI is InChI=1S/C84H148O5/c1-3-5-7-9-11-13-15-17-19-21-23-25-27-29-31-33-35-37-39-40-41-42-43-45-46-48-50-52-54-56-58-60-62-64-66-68-70-72-74-76-78-83(86)88-81-82(80-85)89-84(87)79-77-75-73-71-69-67-65-63-61-59-57-55-53-51-49-47-44-38-36-34-32-30-28-26-24-22-20-18-16-14-12-10-8-6-4-2/h6,8,12,14,18,20,24,26,30,32,36,38,47,49,53,55,59,61,82,85H,3-5,7,9-11,13,15-17,19,21-23,25,27-29,31,33-35,37,39-46,48,50-52,54,56-58,60,62-81H2,1-2H3/b8-6-,14-12-,20-18-,26-24-,32-30-,38-36-,49-47-,55-53-,61-59-. The lowest BCUT2D eigenvalue weighted by Gasteiger charge is -2.15. The molecule has 0 aliphatic rings. The van der Waals surface area contributed by atoms with Gasteiger partial charge >= 0.3 is 11.9 Å². The number of esters is 2. The number of carbonyl (C=O) groups excluding carboxylic acids is 2. The lowest BCUT2D eigenvalue weighted by Crippen LogP contribution is -2.28. The summed E-state index contributed by atoms with van der Waals surface area (Å²) < 4.78 is 10.8. The molecule has 0 aliphatic heterocycles. The zero-order valence-corrected chi connectivity index (χ0v) is 59.2. The highest BCUT2D eigenvalue weighted by atomic mass is 16.6. The molecule has 1 N–H and O–H groups in total. The fourth-order valence-electron chi connectivity index (χ4n) is 11.6. The first-order chi connectivity index (χ1) is 44.1. The highest BCUT2D eigenvalue weighted by Crippen LogP contribution is 2.19. The predicted octanol–water partition coefficient (Wildman–Crippen LogP) is 27.5. The predicted molar refractivity (Wildman–Crippen MR) is 394 cm³/mol. The quantitative estimate of drug-likeness (QED) is 0.0373. The second kappa shape index (κ2) is 78.8. The minimum atomic E-state index is -0.786. The molecule has 0 rings (SSSR count). The third-order valence-electron chi connectivity index (χ3n) is 17.3. The number of allylic oxidation sites excluding steroid dienone is 18. The van der Waals surface area contributed by atoms with Crippen LogP contribution in [0.4, 0.5) is 0 Å². The Kier molecular flexibility index (Phi) is 75.8. The van der Waals surface area contributed by atoms with Crippen molar-refractivity contribution in [1.82, 2.24) is 0 Å². The number of carbonyl (C=O) groups is 2. The van der Waals surface area contributed by atoms with Crippen LogP contribution in [0.25, 0.3) is 0 Å². The van der Waals surface area contributed by atoms with Gasteiger partial charge in [0.2, 0.25) is 0 Å². The lowest BCUT2D eigenvalue weighted by atomic mass is 10.0.